The maximum Gasteiger partial charge on any atom is 0.118 e. The molecule has 3 unspecified atom stereocenters. The average molecular weight is 278 g/mol. The zero-order valence-electron chi connectivity index (χ0n) is 12.7. The lowest BCUT2D eigenvalue weighted by Gasteiger charge is -2.31. The van der Waals surface area contributed by atoms with Gasteiger partial charge in [-0.15, -0.1) is 0 Å². The van der Waals surface area contributed by atoms with E-state index in [0.29, 0.717) is 6.10 Å². The van der Waals surface area contributed by atoms with Crippen molar-refractivity contribution in [1.29, 1.82) is 0 Å². The first-order valence-electron chi connectivity index (χ1n) is 7.33. The van der Waals surface area contributed by atoms with Crippen molar-refractivity contribution in [3.8, 4) is 5.75 Å². The molecule has 4 heteroatoms. The lowest BCUT2D eigenvalue weighted by atomic mass is 10.00. The second kappa shape index (κ2) is 7.07. The van der Waals surface area contributed by atoms with Crippen LogP contribution in [0.5, 0.6) is 5.75 Å². The second-order valence-corrected chi connectivity index (χ2v) is 5.61. The number of likely N-dealkylation sites (N-methyl/N-ethyl adjacent to an activating group) is 1. The van der Waals surface area contributed by atoms with Crippen LogP contribution in [0.2, 0.25) is 0 Å². The zero-order valence-corrected chi connectivity index (χ0v) is 12.7. The van der Waals surface area contributed by atoms with E-state index in [-0.39, 0.29) is 12.1 Å². The molecule has 1 fully saturated rings. The normalized spacial score (nSPS) is 21.9. The molecule has 1 heterocycles. The third-order valence-corrected chi connectivity index (χ3v) is 4.23. The SMILES string of the molecule is COc1ccc(C(N)C(C)N(C)CC2CCCO2)cc1. The number of hydrogen-bond donors (Lipinski definition) is 1. The van der Waals surface area contributed by atoms with Crippen LogP contribution in [0.1, 0.15) is 31.4 Å². The van der Waals surface area contributed by atoms with Crippen molar-refractivity contribution in [3.63, 3.8) is 0 Å². The molecule has 1 aliphatic heterocycles. The highest BCUT2D eigenvalue weighted by Gasteiger charge is 2.23. The Morgan fingerprint density at radius 2 is 2.10 bits per heavy atom. The first kappa shape index (κ1) is 15.3. The molecule has 0 saturated carbocycles. The highest BCUT2D eigenvalue weighted by atomic mass is 16.5. The molecule has 0 aromatic heterocycles. The predicted octanol–water partition coefficient (Wildman–Crippen LogP) is 2.19. The van der Waals surface area contributed by atoms with Crippen molar-refractivity contribution >= 4 is 0 Å². The minimum Gasteiger partial charge on any atom is -0.497 e. The first-order chi connectivity index (χ1) is 9.61. The molecule has 4 nitrogen and oxygen atoms in total. The minimum atomic E-state index is -0.00712. The minimum absolute atomic E-state index is 0.00712. The number of benzene rings is 1. The molecule has 0 amide bonds. The number of hydrogen-bond acceptors (Lipinski definition) is 4. The van der Waals surface area contributed by atoms with E-state index in [0.717, 1.165) is 30.9 Å². The number of nitrogens with zero attached hydrogens (tertiary/aromatic N) is 1. The van der Waals surface area contributed by atoms with Crippen LogP contribution in [0.25, 0.3) is 0 Å². The Morgan fingerprint density at radius 3 is 2.65 bits per heavy atom. The van der Waals surface area contributed by atoms with E-state index in [1.807, 2.05) is 24.3 Å². The fourth-order valence-electron chi connectivity index (χ4n) is 2.65. The van der Waals surface area contributed by atoms with Crippen LogP contribution in [0.3, 0.4) is 0 Å². The van der Waals surface area contributed by atoms with E-state index in [2.05, 4.69) is 18.9 Å². The summed E-state index contributed by atoms with van der Waals surface area (Å²) in [5.74, 6) is 0.862. The van der Waals surface area contributed by atoms with Crippen molar-refractivity contribution in [2.45, 2.75) is 38.0 Å². The van der Waals surface area contributed by atoms with Gasteiger partial charge in [-0.05, 0) is 44.5 Å². The van der Waals surface area contributed by atoms with Crippen molar-refractivity contribution in [2.24, 2.45) is 5.73 Å². The van der Waals surface area contributed by atoms with E-state index in [4.69, 9.17) is 15.2 Å². The van der Waals surface area contributed by atoms with Gasteiger partial charge in [0, 0.05) is 25.2 Å². The Balaban J connectivity index is 1.93. The van der Waals surface area contributed by atoms with E-state index in [1.165, 1.54) is 6.42 Å². The molecule has 2 rings (SSSR count). The van der Waals surface area contributed by atoms with Crippen molar-refractivity contribution < 1.29 is 9.47 Å². The molecule has 112 valence electrons. The maximum atomic E-state index is 6.38. The first-order valence-corrected chi connectivity index (χ1v) is 7.33. The largest absolute Gasteiger partial charge is 0.497 e. The molecule has 1 saturated heterocycles. The van der Waals surface area contributed by atoms with Gasteiger partial charge < -0.3 is 15.2 Å². The number of methoxy groups -OCH3 is 1. The summed E-state index contributed by atoms with van der Waals surface area (Å²) in [5.41, 5.74) is 7.52. The van der Waals surface area contributed by atoms with Gasteiger partial charge >= 0.3 is 0 Å². The molecule has 0 spiro atoms. The van der Waals surface area contributed by atoms with Gasteiger partial charge in [-0.2, -0.15) is 0 Å². The third-order valence-electron chi connectivity index (χ3n) is 4.23. The van der Waals surface area contributed by atoms with E-state index < -0.39 is 0 Å². The van der Waals surface area contributed by atoms with Crippen LogP contribution in [0.15, 0.2) is 24.3 Å². The van der Waals surface area contributed by atoms with Gasteiger partial charge in [0.25, 0.3) is 0 Å². The molecular weight excluding hydrogens is 252 g/mol. The molecule has 0 aliphatic carbocycles. The van der Waals surface area contributed by atoms with Crippen LogP contribution in [-0.2, 0) is 4.74 Å². The van der Waals surface area contributed by atoms with Gasteiger partial charge in [0.2, 0.25) is 0 Å². The summed E-state index contributed by atoms with van der Waals surface area (Å²) >= 11 is 0. The van der Waals surface area contributed by atoms with Crippen molar-refractivity contribution in [3.05, 3.63) is 29.8 Å². The Kier molecular flexibility index (Phi) is 5.40. The molecule has 3 atom stereocenters. The Hall–Kier alpha value is -1.10. The second-order valence-electron chi connectivity index (χ2n) is 5.61. The number of rotatable bonds is 6. The third kappa shape index (κ3) is 3.72. The lowest BCUT2D eigenvalue weighted by molar-refractivity contribution is 0.0664. The summed E-state index contributed by atoms with van der Waals surface area (Å²) in [7, 11) is 3.79. The Bertz CT molecular complexity index is 401. The zero-order chi connectivity index (χ0) is 14.5. The highest BCUT2D eigenvalue weighted by molar-refractivity contribution is 5.29. The Labute approximate surface area is 121 Å². The standard InChI is InChI=1S/C16H26N2O2/c1-12(18(2)11-15-5-4-10-20-15)16(17)13-6-8-14(19-3)9-7-13/h6-9,12,15-16H,4-5,10-11,17H2,1-3H3. The van der Waals surface area contributed by atoms with E-state index in [1.54, 1.807) is 7.11 Å². The molecule has 0 bridgehead atoms. The molecule has 20 heavy (non-hydrogen) atoms. The smallest absolute Gasteiger partial charge is 0.118 e. The fourth-order valence-corrected chi connectivity index (χ4v) is 2.65. The molecule has 1 aliphatic rings. The van der Waals surface area contributed by atoms with Crippen molar-refractivity contribution in [2.75, 3.05) is 27.3 Å². The summed E-state index contributed by atoms with van der Waals surface area (Å²) in [5, 5.41) is 0. The number of ether oxygens (including phenoxy) is 2. The van der Waals surface area contributed by atoms with Crippen LogP contribution in [0, 0.1) is 0 Å². The monoisotopic (exact) mass is 278 g/mol. The van der Waals surface area contributed by atoms with E-state index in [9.17, 15) is 0 Å². The van der Waals surface area contributed by atoms with Gasteiger partial charge in [0.1, 0.15) is 5.75 Å². The molecule has 0 radical (unpaired) electrons. The topological polar surface area (TPSA) is 47.7 Å². The summed E-state index contributed by atoms with van der Waals surface area (Å²) in [4.78, 5) is 2.30. The summed E-state index contributed by atoms with van der Waals surface area (Å²) in [6.45, 7) is 4.02. The molecular formula is C16H26N2O2. The van der Waals surface area contributed by atoms with Gasteiger partial charge in [-0.3, -0.25) is 4.90 Å². The van der Waals surface area contributed by atoms with Gasteiger partial charge in [0.05, 0.1) is 13.2 Å². The summed E-state index contributed by atoms with van der Waals surface area (Å²) < 4.78 is 10.9. The molecule has 2 N–H and O–H groups in total. The lowest BCUT2D eigenvalue weighted by Crippen LogP contribution is -2.41. The number of nitrogens with two attached hydrogens (primary N) is 1. The highest BCUT2D eigenvalue weighted by Crippen LogP contribution is 2.22. The molecule has 1 aromatic carbocycles. The molecule has 1 aromatic rings. The quantitative estimate of drug-likeness (QED) is 0.866. The van der Waals surface area contributed by atoms with Gasteiger partial charge in [-0.1, -0.05) is 12.1 Å². The van der Waals surface area contributed by atoms with E-state index >= 15 is 0 Å². The van der Waals surface area contributed by atoms with Gasteiger partial charge in [-0.25, -0.2) is 0 Å². The van der Waals surface area contributed by atoms with Gasteiger partial charge in [0.15, 0.2) is 0 Å². The van der Waals surface area contributed by atoms with Crippen LogP contribution in [0.4, 0.5) is 0 Å². The summed E-state index contributed by atoms with van der Waals surface area (Å²) in [6.07, 6.45) is 2.71. The maximum absolute atomic E-state index is 6.38. The van der Waals surface area contributed by atoms with Crippen molar-refractivity contribution in [1.82, 2.24) is 4.90 Å². The fraction of sp³-hybridized carbons (Fsp3) is 0.625. The van der Waals surface area contributed by atoms with Crippen LogP contribution in [-0.4, -0.2) is 44.4 Å². The Morgan fingerprint density at radius 1 is 1.40 bits per heavy atom. The average Bonchev–Trinajstić information content (AvgIpc) is 2.98. The van der Waals surface area contributed by atoms with Crippen LogP contribution >= 0.6 is 0 Å². The van der Waals surface area contributed by atoms with Crippen LogP contribution < -0.4 is 10.5 Å². The predicted molar refractivity (Wildman–Crippen MR) is 81.0 cm³/mol. The summed E-state index contributed by atoms with van der Waals surface area (Å²) in [6, 6.07) is 8.27.